The van der Waals surface area contributed by atoms with Crippen LogP contribution in [0.1, 0.15) is 29.8 Å². The molecule has 172 valence electrons. The largest absolute Gasteiger partial charge is 0.452 e. The van der Waals surface area contributed by atoms with Crippen LogP contribution < -0.4 is 4.72 Å². The highest BCUT2D eigenvalue weighted by Crippen LogP contribution is 2.23. The van der Waals surface area contributed by atoms with Crippen LogP contribution in [0.15, 0.2) is 47.4 Å². The minimum absolute atomic E-state index is 0.0118. The van der Waals surface area contributed by atoms with Crippen LogP contribution in [0.25, 0.3) is 0 Å². The third-order valence-corrected chi connectivity index (χ3v) is 6.44. The predicted molar refractivity (Wildman–Crippen MR) is 115 cm³/mol. The Balaban J connectivity index is 1.72. The molecular weight excluding hydrogens is 439 g/mol. The summed E-state index contributed by atoms with van der Waals surface area (Å²) in [6.07, 6.45) is -0.244. The molecule has 32 heavy (non-hydrogen) atoms. The number of nitrogens with one attached hydrogen (secondary N) is 1. The number of aryl methyl sites for hydroxylation is 1. The van der Waals surface area contributed by atoms with Crippen molar-refractivity contribution in [2.75, 3.05) is 24.4 Å². The van der Waals surface area contributed by atoms with Crippen LogP contribution in [-0.4, -0.2) is 57.1 Å². The summed E-state index contributed by atoms with van der Waals surface area (Å²) in [7, 11) is -4.09. The highest BCUT2D eigenvalue weighted by molar-refractivity contribution is 7.92. The molecule has 0 aromatic heterocycles. The number of para-hydroxylation sites is 1. The van der Waals surface area contributed by atoms with E-state index in [1.54, 1.807) is 17.0 Å². The summed E-state index contributed by atoms with van der Waals surface area (Å²) in [5, 5.41) is 0. The van der Waals surface area contributed by atoms with Gasteiger partial charge in [0.1, 0.15) is 5.82 Å². The van der Waals surface area contributed by atoms with Gasteiger partial charge in [0, 0.05) is 13.1 Å². The van der Waals surface area contributed by atoms with E-state index in [2.05, 4.69) is 4.72 Å². The van der Waals surface area contributed by atoms with Gasteiger partial charge >= 0.3 is 5.97 Å². The molecule has 1 fully saturated rings. The van der Waals surface area contributed by atoms with E-state index in [0.29, 0.717) is 13.1 Å². The summed E-state index contributed by atoms with van der Waals surface area (Å²) in [5.41, 5.74) is 0.159. The lowest BCUT2D eigenvalue weighted by molar-refractivity contribution is -0.146. The molecule has 2 atom stereocenters. The highest BCUT2D eigenvalue weighted by atomic mass is 32.2. The van der Waals surface area contributed by atoms with Gasteiger partial charge in [-0.1, -0.05) is 12.1 Å². The average Bonchev–Trinajstić information content (AvgIpc) is 2.70. The molecule has 0 saturated carbocycles. The molecule has 0 bridgehead atoms. The number of rotatable bonds is 6. The summed E-state index contributed by atoms with van der Waals surface area (Å²) in [6, 6.07) is 9.19. The monoisotopic (exact) mass is 464 g/mol. The van der Waals surface area contributed by atoms with Crippen LogP contribution in [-0.2, 0) is 24.3 Å². The first kappa shape index (κ1) is 23.7. The number of hydrogen-bond donors (Lipinski definition) is 1. The van der Waals surface area contributed by atoms with Crippen molar-refractivity contribution >= 4 is 27.6 Å². The summed E-state index contributed by atoms with van der Waals surface area (Å²) in [6.45, 7) is 5.50. The molecule has 2 unspecified atom stereocenters. The second-order valence-corrected chi connectivity index (χ2v) is 9.34. The Labute approximate surface area is 186 Å². The number of carbonyl (C=O) groups excluding carboxylic acids is 2. The number of amides is 1. The van der Waals surface area contributed by atoms with Gasteiger partial charge in [-0.05, 0) is 56.7 Å². The standard InChI is InChI=1S/C22H25FN2O6S/c1-14-10-17(23)8-9-20(14)32(28,29)24-19-7-5-4-6-18(19)22(27)30-13-21(26)25-11-15(2)31-16(3)12-25/h4-10,15-16,24H,11-13H2,1-3H3. The minimum atomic E-state index is -4.09. The van der Waals surface area contributed by atoms with Gasteiger partial charge in [0.2, 0.25) is 0 Å². The van der Waals surface area contributed by atoms with Crippen LogP contribution in [0.5, 0.6) is 0 Å². The van der Waals surface area contributed by atoms with Crippen molar-refractivity contribution in [3.8, 4) is 0 Å². The van der Waals surface area contributed by atoms with Gasteiger partial charge in [-0.25, -0.2) is 17.6 Å². The van der Waals surface area contributed by atoms with Crippen molar-refractivity contribution in [1.29, 1.82) is 0 Å². The molecule has 1 heterocycles. The zero-order valence-electron chi connectivity index (χ0n) is 18.0. The quantitative estimate of drug-likeness (QED) is 0.660. The van der Waals surface area contributed by atoms with Crippen LogP contribution in [0, 0.1) is 12.7 Å². The van der Waals surface area contributed by atoms with Crippen LogP contribution in [0.2, 0.25) is 0 Å². The second kappa shape index (κ2) is 9.66. The Kier molecular flexibility index (Phi) is 7.15. The Morgan fingerprint density at radius 1 is 1.16 bits per heavy atom. The Bertz CT molecular complexity index is 1110. The molecule has 0 spiro atoms. The fourth-order valence-electron chi connectivity index (χ4n) is 3.54. The number of ether oxygens (including phenoxy) is 2. The van der Waals surface area contributed by atoms with Gasteiger partial charge in [-0.15, -0.1) is 0 Å². The van der Waals surface area contributed by atoms with Crippen molar-refractivity contribution in [2.45, 2.75) is 37.9 Å². The molecule has 1 aliphatic rings. The van der Waals surface area contributed by atoms with Gasteiger partial charge in [-0.2, -0.15) is 0 Å². The van der Waals surface area contributed by atoms with E-state index in [9.17, 15) is 22.4 Å². The predicted octanol–water partition coefficient (Wildman–Crippen LogP) is 2.73. The summed E-state index contributed by atoms with van der Waals surface area (Å²) in [5.74, 6) is -1.76. The van der Waals surface area contributed by atoms with Crippen molar-refractivity contribution in [2.24, 2.45) is 0 Å². The first-order chi connectivity index (χ1) is 15.1. The fourth-order valence-corrected chi connectivity index (χ4v) is 4.85. The number of anilines is 1. The number of hydrogen-bond acceptors (Lipinski definition) is 6. The zero-order valence-corrected chi connectivity index (χ0v) is 18.8. The third-order valence-electron chi connectivity index (χ3n) is 4.92. The molecule has 2 aromatic rings. The molecule has 1 N–H and O–H groups in total. The van der Waals surface area contributed by atoms with Crippen LogP contribution in [0.3, 0.4) is 0 Å². The van der Waals surface area contributed by atoms with Gasteiger partial charge < -0.3 is 14.4 Å². The molecule has 1 saturated heterocycles. The number of halogens is 1. The number of carbonyl (C=O) groups is 2. The van der Waals surface area contributed by atoms with Gasteiger partial charge in [-0.3, -0.25) is 9.52 Å². The van der Waals surface area contributed by atoms with Crippen molar-refractivity contribution in [3.63, 3.8) is 0 Å². The van der Waals surface area contributed by atoms with Crippen molar-refractivity contribution in [3.05, 3.63) is 59.4 Å². The zero-order chi connectivity index (χ0) is 23.5. The maximum Gasteiger partial charge on any atom is 0.340 e. The van der Waals surface area contributed by atoms with E-state index >= 15 is 0 Å². The molecule has 0 aliphatic carbocycles. The smallest absolute Gasteiger partial charge is 0.340 e. The number of sulfonamides is 1. The van der Waals surface area contributed by atoms with Crippen molar-refractivity contribution < 1.29 is 31.9 Å². The fraction of sp³-hybridized carbons (Fsp3) is 0.364. The maximum atomic E-state index is 13.3. The first-order valence-electron chi connectivity index (χ1n) is 10.0. The average molecular weight is 465 g/mol. The first-order valence-corrected chi connectivity index (χ1v) is 11.5. The number of morpholine rings is 1. The normalized spacial score (nSPS) is 18.8. The van der Waals surface area contributed by atoms with E-state index in [1.807, 2.05) is 13.8 Å². The molecule has 1 amide bonds. The van der Waals surface area contributed by atoms with E-state index < -0.39 is 28.4 Å². The summed E-state index contributed by atoms with van der Waals surface area (Å²) in [4.78, 5) is 26.5. The SMILES string of the molecule is Cc1cc(F)ccc1S(=O)(=O)Nc1ccccc1C(=O)OCC(=O)N1CC(C)OC(C)C1. The minimum Gasteiger partial charge on any atom is -0.452 e. The van der Waals surface area contributed by atoms with E-state index in [1.165, 1.54) is 19.1 Å². The topological polar surface area (TPSA) is 102 Å². The summed E-state index contributed by atoms with van der Waals surface area (Å²) >= 11 is 0. The molecule has 10 heteroatoms. The molecule has 8 nitrogen and oxygen atoms in total. The lowest BCUT2D eigenvalue weighted by Gasteiger charge is -2.35. The number of benzene rings is 2. The van der Waals surface area contributed by atoms with Gasteiger partial charge in [0.15, 0.2) is 6.61 Å². The van der Waals surface area contributed by atoms with Crippen LogP contribution >= 0.6 is 0 Å². The van der Waals surface area contributed by atoms with Gasteiger partial charge in [0.25, 0.3) is 15.9 Å². The molecule has 0 radical (unpaired) electrons. The highest BCUT2D eigenvalue weighted by Gasteiger charge is 2.27. The third kappa shape index (κ3) is 5.63. The van der Waals surface area contributed by atoms with E-state index in [0.717, 1.165) is 18.2 Å². The van der Waals surface area contributed by atoms with Gasteiger partial charge in [0.05, 0.1) is 28.4 Å². The molecule has 1 aliphatic heterocycles. The summed E-state index contributed by atoms with van der Waals surface area (Å²) < 4.78 is 52.0. The van der Waals surface area contributed by atoms with E-state index in [-0.39, 0.29) is 39.8 Å². The van der Waals surface area contributed by atoms with E-state index in [4.69, 9.17) is 9.47 Å². The Morgan fingerprint density at radius 2 is 1.81 bits per heavy atom. The lowest BCUT2D eigenvalue weighted by Crippen LogP contribution is -2.49. The Hall–Kier alpha value is -2.98. The van der Waals surface area contributed by atoms with Crippen molar-refractivity contribution in [1.82, 2.24) is 4.90 Å². The van der Waals surface area contributed by atoms with Crippen LogP contribution in [0.4, 0.5) is 10.1 Å². The number of esters is 1. The number of nitrogens with zero attached hydrogens (tertiary/aromatic N) is 1. The molecule has 3 rings (SSSR count). The Morgan fingerprint density at radius 3 is 2.47 bits per heavy atom. The lowest BCUT2D eigenvalue weighted by atomic mass is 10.2. The molecule has 2 aromatic carbocycles. The maximum absolute atomic E-state index is 13.3. The molecular formula is C22H25FN2O6S. The second-order valence-electron chi connectivity index (χ2n) is 7.69.